The number of nitrogens with zero attached hydrogens (tertiary/aromatic N) is 1. The van der Waals surface area contributed by atoms with Crippen molar-refractivity contribution in [2.75, 3.05) is 39.4 Å². The molecular formula is C28H43FN2O6. The second-order valence-corrected chi connectivity index (χ2v) is 10.5. The molecule has 1 N–H and O–H groups in total. The van der Waals surface area contributed by atoms with Gasteiger partial charge in [0, 0.05) is 13.1 Å². The molecule has 0 aromatic heterocycles. The standard InChI is InChI=1S/C15H20FNO2.C13H23NO4/c1-2-19-14(18)15(7-9-17-10-8-15)11-12-3-5-13(16)6-4-12;1-5-17-11(15)10-6-8-14(9-7-10)12(16)18-13(2,3)4/h3-6,17H,2,7-11H2,1H3;10H,5-9H2,1-4H3. The Balaban J connectivity index is 0.000000261. The molecule has 0 saturated carbocycles. The van der Waals surface area contributed by atoms with Crippen molar-refractivity contribution in [3.05, 3.63) is 35.6 Å². The van der Waals surface area contributed by atoms with E-state index in [4.69, 9.17) is 14.2 Å². The monoisotopic (exact) mass is 522 g/mol. The second-order valence-electron chi connectivity index (χ2n) is 10.5. The lowest BCUT2D eigenvalue weighted by molar-refractivity contribution is -0.157. The highest BCUT2D eigenvalue weighted by Gasteiger charge is 2.41. The Morgan fingerprint density at radius 3 is 2.08 bits per heavy atom. The molecule has 3 rings (SSSR count). The first kappa shape index (κ1) is 30.5. The fourth-order valence-electron chi connectivity index (χ4n) is 4.52. The van der Waals surface area contributed by atoms with Crippen molar-refractivity contribution in [1.82, 2.24) is 10.2 Å². The summed E-state index contributed by atoms with van der Waals surface area (Å²) in [6.45, 7) is 12.7. The zero-order chi connectivity index (χ0) is 27.5. The van der Waals surface area contributed by atoms with Crippen LogP contribution in [-0.2, 0) is 30.2 Å². The van der Waals surface area contributed by atoms with Crippen molar-refractivity contribution in [2.45, 2.75) is 72.3 Å². The van der Waals surface area contributed by atoms with Crippen molar-refractivity contribution < 1.29 is 33.0 Å². The molecule has 8 nitrogen and oxygen atoms in total. The van der Waals surface area contributed by atoms with Gasteiger partial charge in [-0.1, -0.05) is 12.1 Å². The molecule has 9 heteroatoms. The van der Waals surface area contributed by atoms with Crippen LogP contribution in [0.3, 0.4) is 0 Å². The molecule has 1 aromatic carbocycles. The predicted octanol–water partition coefficient (Wildman–Crippen LogP) is 4.50. The summed E-state index contributed by atoms with van der Waals surface area (Å²) in [5.41, 5.74) is 0.0464. The molecule has 1 aromatic rings. The molecule has 2 fully saturated rings. The van der Waals surface area contributed by atoms with E-state index in [-0.39, 0.29) is 29.8 Å². The zero-order valence-corrected chi connectivity index (χ0v) is 22.9. The Hall–Kier alpha value is -2.68. The first-order valence-electron chi connectivity index (χ1n) is 13.3. The Bertz CT molecular complexity index is 870. The average molecular weight is 523 g/mol. The number of amides is 1. The summed E-state index contributed by atoms with van der Waals surface area (Å²) in [6, 6.07) is 6.38. The van der Waals surface area contributed by atoms with Crippen LogP contribution in [0.25, 0.3) is 0 Å². The minimum absolute atomic E-state index is 0.0800. The highest BCUT2D eigenvalue weighted by Crippen LogP contribution is 2.34. The minimum atomic E-state index is -0.477. The van der Waals surface area contributed by atoms with Crippen LogP contribution in [0.2, 0.25) is 0 Å². The molecular weight excluding hydrogens is 479 g/mol. The number of carbonyl (C=O) groups is 3. The quantitative estimate of drug-likeness (QED) is 0.434. The summed E-state index contributed by atoms with van der Waals surface area (Å²) in [4.78, 5) is 37.3. The molecule has 2 aliphatic rings. The number of esters is 2. The lowest BCUT2D eigenvalue weighted by Crippen LogP contribution is -2.44. The number of hydrogen-bond acceptors (Lipinski definition) is 7. The summed E-state index contributed by atoms with van der Waals surface area (Å²) < 4.78 is 28.5. The first-order valence-corrected chi connectivity index (χ1v) is 13.3. The fourth-order valence-corrected chi connectivity index (χ4v) is 4.52. The summed E-state index contributed by atoms with van der Waals surface area (Å²) in [6.07, 6.45) is 3.15. The number of rotatable bonds is 6. The maximum atomic E-state index is 12.9. The van der Waals surface area contributed by atoms with E-state index in [0.29, 0.717) is 45.6 Å². The Morgan fingerprint density at radius 2 is 1.57 bits per heavy atom. The molecule has 2 saturated heterocycles. The molecule has 208 valence electrons. The third-order valence-corrected chi connectivity index (χ3v) is 6.49. The van der Waals surface area contributed by atoms with Crippen LogP contribution < -0.4 is 5.32 Å². The third kappa shape index (κ3) is 9.95. The van der Waals surface area contributed by atoms with E-state index in [9.17, 15) is 18.8 Å². The maximum Gasteiger partial charge on any atom is 0.410 e. The Kier molecular flexibility index (Phi) is 11.8. The molecule has 2 aliphatic heterocycles. The van der Waals surface area contributed by atoms with Gasteiger partial charge < -0.3 is 24.4 Å². The largest absolute Gasteiger partial charge is 0.466 e. The van der Waals surface area contributed by atoms with E-state index in [2.05, 4.69) is 5.32 Å². The van der Waals surface area contributed by atoms with E-state index in [1.807, 2.05) is 27.7 Å². The van der Waals surface area contributed by atoms with E-state index in [1.165, 1.54) is 12.1 Å². The van der Waals surface area contributed by atoms with Crippen LogP contribution in [0, 0.1) is 17.2 Å². The van der Waals surface area contributed by atoms with E-state index in [1.54, 1.807) is 24.0 Å². The molecule has 0 atom stereocenters. The van der Waals surface area contributed by atoms with Gasteiger partial charge in [-0.2, -0.15) is 0 Å². The second kappa shape index (κ2) is 14.3. The smallest absolute Gasteiger partial charge is 0.410 e. The zero-order valence-electron chi connectivity index (χ0n) is 22.9. The Morgan fingerprint density at radius 1 is 1.00 bits per heavy atom. The molecule has 0 spiro atoms. The highest BCUT2D eigenvalue weighted by atomic mass is 19.1. The van der Waals surface area contributed by atoms with E-state index >= 15 is 0 Å². The summed E-state index contributed by atoms with van der Waals surface area (Å²) in [7, 11) is 0. The van der Waals surface area contributed by atoms with Gasteiger partial charge in [0.15, 0.2) is 0 Å². The van der Waals surface area contributed by atoms with E-state index < -0.39 is 11.0 Å². The number of carbonyl (C=O) groups excluding carboxylic acids is 3. The van der Waals surface area contributed by atoms with Gasteiger partial charge in [-0.3, -0.25) is 9.59 Å². The fraction of sp³-hybridized carbons (Fsp3) is 0.679. The highest BCUT2D eigenvalue weighted by molar-refractivity contribution is 5.77. The van der Waals surface area contributed by atoms with Crippen LogP contribution in [0.1, 0.15) is 65.9 Å². The average Bonchev–Trinajstić information content (AvgIpc) is 2.86. The van der Waals surface area contributed by atoms with Gasteiger partial charge in [0.05, 0.1) is 24.5 Å². The van der Waals surface area contributed by atoms with Crippen molar-refractivity contribution in [2.24, 2.45) is 11.3 Å². The Labute approximate surface area is 220 Å². The predicted molar refractivity (Wildman–Crippen MR) is 138 cm³/mol. The van der Waals surface area contributed by atoms with Crippen LogP contribution in [-0.4, -0.2) is 67.9 Å². The van der Waals surface area contributed by atoms with Crippen molar-refractivity contribution in [3.8, 4) is 0 Å². The molecule has 2 heterocycles. The van der Waals surface area contributed by atoms with Crippen molar-refractivity contribution in [3.63, 3.8) is 0 Å². The molecule has 37 heavy (non-hydrogen) atoms. The number of nitrogens with one attached hydrogen (secondary N) is 1. The number of piperidine rings is 2. The summed E-state index contributed by atoms with van der Waals surface area (Å²) in [5, 5.41) is 3.26. The van der Waals surface area contributed by atoms with Crippen LogP contribution in [0.4, 0.5) is 9.18 Å². The number of halogens is 1. The van der Waals surface area contributed by atoms with Gasteiger partial charge in [0.1, 0.15) is 11.4 Å². The number of likely N-dealkylation sites (tertiary alicyclic amines) is 1. The molecule has 0 radical (unpaired) electrons. The van der Waals surface area contributed by atoms with Crippen LogP contribution in [0.5, 0.6) is 0 Å². The van der Waals surface area contributed by atoms with Crippen molar-refractivity contribution >= 4 is 18.0 Å². The van der Waals surface area contributed by atoms with Gasteiger partial charge in [0.2, 0.25) is 0 Å². The van der Waals surface area contributed by atoms with E-state index in [0.717, 1.165) is 31.5 Å². The van der Waals surface area contributed by atoms with Crippen LogP contribution >= 0.6 is 0 Å². The molecule has 0 unspecified atom stereocenters. The lowest BCUT2D eigenvalue weighted by Gasteiger charge is -2.35. The van der Waals surface area contributed by atoms with Gasteiger partial charge >= 0.3 is 18.0 Å². The molecule has 0 aliphatic carbocycles. The lowest BCUT2D eigenvalue weighted by atomic mass is 9.74. The van der Waals surface area contributed by atoms with Gasteiger partial charge in [-0.15, -0.1) is 0 Å². The molecule has 1 amide bonds. The normalized spacial score (nSPS) is 17.7. The number of benzene rings is 1. The van der Waals surface area contributed by atoms with Gasteiger partial charge in [0.25, 0.3) is 0 Å². The van der Waals surface area contributed by atoms with Gasteiger partial charge in [-0.05, 0) is 97.5 Å². The topological polar surface area (TPSA) is 94.2 Å². The maximum absolute atomic E-state index is 12.9. The number of hydrogen-bond donors (Lipinski definition) is 1. The van der Waals surface area contributed by atoms with Crippen molar-refractivity contribution in [1.29, 1.82) is 0 Å². The third-order valence-electron chi connectivity index (χ3n) is 6.49. The first-order chi connectivity index (χ1) is 17.5. The number of ether oxygens (including phenoxy) is 3. The summed E-state index contributed by atoms with van der Waals surface area (Å²) in [5.74, 6) is -0.606. The molecule has 0 bridgehead atoms. The SMILES string of the molecule is CCOC(=O)C1(Cc2ccc(F)cc2)CCNCC1.CCOC(=O)C1CCN(C(=O)OC(C)(C)C)CC1. The van der Waals surface area contributed by atoms with Gasteiger partial charge in [-0.25, -0.2) is 9.18 Å². The summed E-state index contributed by atoms with van der Waals surface area (Å²) >= 11 is 0. The minimum Gasteiger partial charge on any atom is -0.466 e. The van der Waals surface area contributed by atoms with Crippen LogP contribution in [0.15, 0.2) is 24.3 Å².